The van der Waals surface area contributed by atoms with Crippen LogP contribution in [0.25, 0.3) is 90.4 Å². The third kappa shape index (κ3) is 20.9. The summed E-state index contributed by atoms with van der Waals surface area (Å²) in [6.07, 6.45) is 24.4. The Morgan fingerprint density at radius 1 is 0.339 bits per heavy atom. The van der Waals surface area contributed by atoms with Crippen LogP contribution in [0.4, 0.5) is 27.6 Å². The third-order valence-electron chi connectivity index (χ3n) is 22.5. The molecular formula is C109H88F5N11O2. The summed E-state index contributed by atoms with van der Waals surface area (Å²) < 4.78 is 75.0. The molecule has 0 unspecified atom stereocenters. The summed E-state index contributed by atoms with van der Waals surface area (Å²) in [7, 11) is 0. The van der Waals surface area contributed by atoms with Gasteiger partial charge in [-0.05, 0) is 285 Å². The Labute approximate surface area is 734 Å². The first-order chi connectivity index (χ1) is 61.9. The number of aryl methyl sites for hydroxylation is 3. The van der Waals surface area contributed by atoms with Gasteiger partial charge in [0.2, 0.25) is 5.89 Å². The Bertz CT molecular complexity index is 6700. The monoisotopic (exact) mass is 1680 g/mol. The Morgan fingerprint density at radius 3 is 1.02 bits per heavy atom. The van der Waals surface area contributed by atoms with Crippen LogP contribution in [-0.4, -0.2) is 57.4 Å². The summed E-state index contributed by atoms with van der Waals surface area (Å²) in [6, 6.07) is 88.5. The molecule has 2 N–H and O–H groups in total. The van der Waals surface area contributed by atoms with Gasteiger partial charge in [0.15, 0.2) is 11.5 Å². The number of aliphatic imine (C=N–C) groups is 3. The summed E-state index contributed by atoms with van der Waals surface area (Å²) >= 11 is 0. The van der Waals surface area contributed by atoms with Gasteiger partial charge in [-0.15, -0.1) is 0 Å². The highest BCUT2D eigenvalue weighted by Gasteiger charge is 2.28. The summed E-state index contributed by atoms with van der Waals surface area (Å²) in [6.45, 7) is 7.73. The quantitative estimate of drug-likeness (QED) is 0.0560. The largest absolute Gasteiger partial charge is 0.435 e. The van der Waals surface area contributed by atoms with Gasteiger partial charge in [-0.1, -0.05) is 133 Å². The van der Waals surface area contributed by atoms with E-state index in [1.165, 1.54) is 109 Å². The van der Waals surface area contributed by atoms with E-state index in [-0.39, 0.29) is 34.9 Å². The van der Waals surface area contributed by atoms with Crippen molar-refractivity contribution >= 4 is 62.4 Å². The Hall–Kier alpha value is -15.4. The van der Waals surface area contributed by atoms with Crippen molar-refractivity contribution in [3.8, 4) is 56.6 Å². The van der Waals surface area contributed by atoms with E-state index in [9.17, 15) is 26.7 Å². The molecule has 0 saturated heterocycles. The number of hydrogen-bond acceptors (Lipinski definition) is 12. The molecule has 1 fully saturated rings. The van der Waals surface area contributed by atoms with Gasteiger partial charge in [-0.3, -0.25) is 39.7 Å². The van der Waals surface area contributed by atoms with Crippen molar-refractivity contribution in [1.82, 2.24) is 34.5 Å². The number of rotatable bonds is 16. The fraction of sp³-hybridized carbons (Fsp3) is 0.119. The topological polar surface area (TPSA) is 176 Å². The number of carbonyl (C=O) groups is 1. The molecule has 16 aromatic rings. The predicted octanol–water partition coefficient (Wildman–Crippen LogP) is 26.7. The Morgan fingerprint density at radius 2 is 0.646 bits per heavy atom. The Kier molecular flexibility index (Phi) is 26.7. The zero-order valence-corrected chi connectivity index (χ0v) is 70.4. The van der Waals surface area contributed by atoms with Crippen LogP contribution in [-0.2, 0) is 0 Å². The van der Waals surface area contributed by atoms with Crippen LogP contribution in [0.1, 0.15) is 141 Å². The van der Waals surface area contributed by atoms with Crippen molar-refractivity contribution < 1.29 is 31.2 Å². The number of halogens is 5. The number of hydrogen-bond donors (Lipinski definition) is 1. The number of nitrogens with two attached hydrogens (primary N) is 1. The number of Topliss-reactive ketones (excluding diaryl/α,β-unsaturated/α-hetero) is 1. The molecule has 1 aliphatic carbocycles. The van der Waals surface area contributed by atoms with Gasteiger partial charge in [0, 0.05) is 131 Å². The lowest BCUT2D eigenvalue weighted by Gasteiger charge is -2.25. The number of aromatic nitrogens is 7. The molecule has 626 valence electrons. The summed E-state index contributed by atoms with van der Waals surface area (Å²) in [5, 5.41) is 0. The van der Waals surface area contributed by atoms with Crippen molar-refractivity contribution in [2.75, 3.05) is 5.73 Å². The van der Waals surface area contributed by atoms with Crippen molar-refractivity contribution in [3.05, 3.63) is 448 Å². The van der Waals surface area contributed by atoms with E-state index in [1.807, 2.05) is 147 Å². The average Bonchev–Trinajstić information content (AvgIpc) is 1.67. The summed E-state index contributed by atoms with van der Waals surface area (Å²) in [4.78, 5) is 51.9. The second kappa shape index (κ2) is 39.8. The number of ketones is 1. The second-order valence-electron chi connectivity index (χ2n) is 31.4. The van der Waals surface area contributed by atoms with Crippen LogP contribution in [0, 0.1) is 49.9 Å². The molecule has 0 spiro atoms. The van der Waals surface area contributed by atoms with Gasteiger partial charge in [-0.2, -0.15) is 0 Å². The molecular weight excluding hydrogens is 1590 g/mol. The van der Waals surface area contributed by atoms with Gasteiger partial charge in [0.25, 0.3) is 0 Å². The number of pyridine rings is 4. The summed E-state index contributed by atoms with van der Waals surface area (Å²) in [5.74, 6) is -0.0490. The number of nitrogens with zero attached hydrogens (tertiary/aromatic N) is 10. The average molecular weight is 1680 g/mol. The van der Waals surface area contributed by atoms with Crippen molar-refractivity contribution in [2.45, 2.75) is 85.1 Å². The molecule has 9 heterocycles. The van der Waals surface area contributed by atoms with E-state index < -0.39 is 0 Å². The SMILES string of the molecule is CC(=O)c1ccc(C2=NC(c3ccc(F)cc3)=C(c3ccncc3)C2)cc1.Cc1ccc(-c2nc(-c3ccc(F)cc3)c(-c3ccncc3)o2)cc1.Cc1ccc(C2=NC(c3ccc(F)cc3)=C(c3ccc(N)cc3)C2)cc1.Cc1ccc(C2=NC(c3ccc(F)cc3)=C(c3ccncc3)C2)cc1.Fc1ccc(-c2ncn(C3CCCCC3)c2-c2ccncc2)cc1. The molecule has 0 radical (unpaired) electrons. The fourth-order valence-electron chi connectivity index (χ4n) is 15.7. The molecule has 4 aliphatic rings. The number of allylic oxidation sites excluding steroid dienone is 3. The van der Waals surface area contributed by atoms with Crippen molar-refractivity contribution in [1.29, 1.82) is 0 Å². The number of benzene rings is 10. The van der Waals surface area contributed by atoms with E-state index in [0.29, 0.717) is 35.4 Å². The molecule has 0 atom stereocenters. The number of nitrogen functional groups attached to an aromatic ring is 1. The normalized spacial score (nSPS) is 13.5. The lowest BCUT2D eigenvalue weighted by Crippen LogP contribution is -2.13. The molecule has 6 aromatic heterocycles. The van der Waals surface area contributed by atoms with Crippen molar-refractivity contribution in [2.24, 2.45) is 15.0 Å². The standard InChI is InChI=1S/C23H17FN2O.C23H19FN2.C22H17FN2.C21H15FN2O.C20H20FN3/c1-15(27)16-2-4-18(5-3-16)22-14-21(17-10-12-25-13-11-17)23(26-22)19-6-8-20(24)9-7-19;1-15-2-4-17(5-3-15)22-14-21(16-8-12-20(25)13-9-16)23(26-22)18-6-10-19(24)11-7-18;1-15-2-4-17(5-3-15)21-14-20(16-10-12-24-13-11-16)22(25-21)18-6-8-19(23)9-7-18;1-14-2-4-17(5-3-14)21-24-19(15-6-8-18(22)9-7-15)20(25-21)16-10-12-23-13-11-16;21-17-8-6-15(7-9-17)19-20(16-10-12-22-13-11-16)24(14-23-19)18-4-2-1-3-5-18/h2-13H,14H2,1H3;2-13H,14,25H2,1H3;2-13H,14H2,1H3;2-13H,1H3;6-14,18H,1-5H2. The first-order valence-corrected chi connectivity index (χ1v) is 42.0. The number of anilines is 1. The van der Waals surface area contributed by atoms with Crippen LogP contribution >= 0.6 is 0 Å². The van der Waals surface area contributed by atoms with E-state index >= 15 is 0 Å². The fourth-order valence-corrected chi connectivity index (χ4v) is 15.7. The van der Waals surface area contributed by atoms with Crippen LogP contribution in [0.15, 0.2) is 366 Å². The van der Waals surface area contributed by atoms with Gasteiger partial charge in [0.1, 0.15) is 34.8 Å². The van der Waals surface area contributed by atoms with Gasteiger partial charge in [-0.25, -0.2) is 31.9 Å². The van der Waals surface area contributed by atoms with E-state index in [1.54, 1.807) is 105 Å². The second-order valence-corrected chi connectivity index (χ2v) is 31.4. The maximum atomic E-state index is 13.4. The molecule has 127 heavy (non-hydrogen) atoms. The zero-order valence-electron chi connectivity index (χ0n) is 70.4. The number of carbonyl (C=O) groups excluding carboxylic acids is 1. The maximum absolute atomic E-state index is 13.4. The van der Waals surface area contributed by atoms with Crippen LogP contribution < -0.4 is 5.73 Å². The van der Waals surface area contributed by atoms with Crippen LogP contribution in [0.2, 0.25) is 0 Å². The highest BCUT2D eigenvalue weighted by molar-refractivity contribution is 6.19. The maximum Gasteiger partial charge on any atom is 0.227 e. The lowest BCUT2D eigenvalue weighted by atomic mass is 9.94. The molecule has 13 nitrogen and oxygen atoms in total. The number of imidazole rings is 1. The molecule has 20 rings (SSSR count). The minimum Gasteiger partial charge on any atom is -0.435 e. The first-order valence-electron chi connectivity index (χ1n) is 42.0. The molecule has 10 aromatic carbocycles. The highest BCUT2D eigenvalue weighted by atomic mass is 19.1. The van der Waals surface area contributed by atoms with Gasteiger partial charge in [0.05, 0.1) is 51.9 Å². The van der Waals surface area contributed by atoms with E-state index in [0.717, 1.165) is 159 Å². The third-order valence-corrected chi connectivity index (χ3v) is 22.5. The van der Waals surface area contributed by atoms with Gasteiger partial charge < -0.3 is 14.7 Å². The highest BCUT2D eigenvalue weighted by Crippen LogP contribution is 2.43. The molecule has 3 aliphatic heterocycles. The van der Waals surface area contributed by atoms with Gasteiger partial charge >= 0.3 is 0 Å². The van der Waals surface area contributed by atoms with Crippen LogP contribution in [0.5, 0.6) is 0 Å². The van der Waals surface area contributed by atoms with Crippen molar-refractivity contribution in [3.63, 3.8) is 0 Å². The molecule has 0 bridgehead atoms. The first kappa shape index (κ1) is 85.1. The number of oxazole rings is 1. The van der Waals surface area contributed by atoms with E-state index in [4.69, 9.17) is 25.1 Å². The lowest BCUT2D eigenvalue weighted by molar-refractivity contribution is 0.101. The van der Waals surface area contributed by atoms with E-state index in [2.05, 4.69) is 96.8 Å². The smallest absolute Gasteiger partial charge is 0.227 e. The zero-order chi connectivity index (χ0) is 87.7. The predicted molar refractivity (Wildman–Crippen MR) is 500 cm³/mol. The summed E-state index contributed by atoms with van der Waals surface area (Å²) in [5.41, 5.74) is 36.3. The minimum absolute atomic E-state index is 0.0394. The molecule has 18 heteroatoms. The van der Waals surface area contributed by atoms with Crippen LogP contribution in [0.3, 0.4) is 0 Å². The molecule has 1 saturated carbocycles. The minimum atomic E-state index is -0.281. The molecule has 0 amide bonds. The Balaban J connectivity index is 0.000000117.